The number of hydrogen-bond acceptors (Lipinski definition) is 5. The van der Waals surface area contributed by atoms with Crippen molar-refractivity contribution in [1.82, 2.24) is 19.4 Å². The second-order valence-electron chi connectivity index (χ2n) is 6.49. The van der Waals surface area contributed by atoms with E-state index >= 15 is 0 Å². The van der Waals surface area contributed by atoms with Crippen LogP contribution in [0.15, 0.2) is 45.6 Å². The summed E-state index contributed by atoms with van der Waals surface area (Å²) < 4.78 is 3.23. The summed E-state index contributed by atoms with van der Waals surface area (Å²) in [6, 6.07) is 9.49. The minimum Gasteiger partial charge on any atom is -0.267 e. The van der Waals surface area contributed by atoms with E-state index in [0.717, 1.165) is 27.3 Å². The highest BCUT2D eigenvalue weighted by Gasteiger charge is 2.13. The minimum absolute atomic E-state index is 0.168. The Morgan fingerprint density at radius 1 is 1.21 bits per heavy atom. The quantitative estimate of drug-likeness (QED) is 0.473. The molecular weight excluding hydrogens is 394 g/mol. The van der Waals surface area contributed by atoms with Crippen molar-refractivity contribution in [2.75, 3.05) is 0 Å². The standard InChI is InChI=1S/C20H18ClN5OS/c1-12-17(13(2)25(24-12)11-15-6-4-5-7-18(15)21)10-22-26-14(3)23-19-16(20(26)27)8-9-28-19/h4-10H,11H2,1-3H3/b22-10-. The zero-order valence-electron chi connectivity index (χ0n) is 15.7. The Kier molecular flexibility index (Phi) is 4.87. The third-order valence-corrected chi connectivity index (χ3v) is 5.83. The molecule has 1 aromatic carbocycles. The van der Waals surface area contributed by atoms with Gasteiger partial charge in [0, 0.05) is 16.3 Å². The van der Waals surface area contributed by atoms with E-state index in [1.807, 2.05) is 48.2 Å². The van der Waals surface area contributed by atoms with E-state index in [2.05, 4.69) is 15.2 Å². The van der Waals surface area contributed by atoms with Gasteiger partial charge in [-0.25, -0.2) is 4.98 Å². The monoisotopic (exact) mass is 411 g/mol. The molecule has 4 aromatic rings. The first-order valence-corrected chi connectivity index (χ1v) is 10.00. The number of halogens is 1. The average molecular weight is 412 g/mol. The molecule has 0 aliphatic carbocycles. The van der Waals surface area contributed by atoms with Gasteiger partial charge in [-0.3, -0.25) is 9.48 Å². The fraction of sp³-hybridized carbons (Fsp3) is 0.200. The molecule has 0 fully saturated rings. The fourth-order valence-electron chi connectivity index (χ4n) is 3.10. The highest BCUT2D eigenvalue weighted by atomic mass is 35.5. The molecule has 0 aliphatic heterocycles. The van der Waals surface area contributed by atoms with Crippen molar-refractivity contribution in [3.63, 3.8) is 0 Å². The van der Waals surface area contributed by atoms with E-state index < -0.39 is 0 Å². The van der Waals surface area contributed by atoms with Gasteiger partial charge in [0.1, 0.15) is 10.7 Å². The Morgan fingerprint density at radius 3 is 2.79 bits per heavy atom. The molecule has 0 aliphatic rings. The second kappa shape index (κ2) is 7.33. The molecule has 3 heterocycles. The molecule has 0 amide bonds. The lowest BCUT2D eigenvalue weighted by atomic mass is 10.2. The summed E-state index contributed by atoms with van der Waals surface area (Å²) in [4.78, 5) is 17.9. The van der Waals surface area contributed by atoms with Gasteiger partial charge >= 0.3 is 0 Å². The third kappa shape index (κ3) is 3.27. The number of benzene rings is 1. The third-order valence-electron chi connectivity index (χ3n) is 4.66. The summed E-state index contributed by atoms with van der Waals surface area (Å²) in [5, 5.41) is 12.2. The Bertz CT molecular complexity index is 1270. The van der Waals surface area contributed by atoms with Gasteiger partial charge in [0.25, 0.3) is 5.56 Å². The number of aryl methyl sites for hydroxylation is 2. The van der Waals surface area contributed by atoms with Gasteiger partial charge in [-0.2, -0.15) is 14.9 Å². The van der Waals surface area contributed by atoms with Crippen molar-refractivity contribution in [3.05, 3.63) is 79.4 Å². The highest BCUT2D eigenvalue weighted by Crippen LogP contribution is 2.19. The summed E-state index contributed by atoms with van der Waals surface area (Å²) in [5.74, 6) is 0.551. The van der Waals surface area contributed by atoms with Crippen LogP contribution in [0.1, 0.15) is 28.3 Å². The van der Waals surface area contributed by atoms with Crippen LogP contribution in [-0.4, -0.2) is 25.7 Å². The van der Waals surface area contributed by atoms with Crippen LogP contribution in [0.3, 0.4) is 0 Å². The summed E-state index contributed by atoms with van der Waals surface area (Å²) in [6.45, 7) is 6.25. The van der Waals surface area contributed by atoms with Gasteiger partial charge in [0.2, 0.25) is 0 Å². The summed E-state index contributed by atoms with van der Waals surface area (Å²) in [6.07, 6.45) is 1.68. The number of nitrogens with zero attached hydrogens (tertiary/aromatic N) is 5. The molecule has 0 saturated heterocycles. The SMILES string of the molecule is Cc1nn(Cc2ccccc2Cl)c(C)c1/C=N\n1c(C)nc2sccc2c1=O. The largest absolute Gasteiger partial charge is 0.282 e. The Hall–Kier alpha value is -2.77. The van der Waals surface area contributed by atoms with Crippen molar-refractivity contribution in [3.8, 4) is 0 Å². The Morgan fingerprint density at radius 2 is 2.00 bits per heavy atom. The number of thiophene rings is 1. The van der Waals surface area contributed by atoms with E-state index in [4.69, 9.17) is 11.6 Å². The summed E-state index contributed by atoms with van der Waals surface area (Å²) in [5.41, 5.74) is 3.50. The lowest BCUT2D eigenvalue weighted by Crippen LogP contribution is -2.19. The van der Waals surface area contributed by atoms with Crippen LogP contribution in [0.5, 0.6) is 0 Å². The zero-order valence-corrected chi connectivity index (χ0v) is 17.3. The molecule has 4 rings (SSSR count). The van der Waals surface area contributed by atoms with Crippen molar-refractivity contribution in [2.24, 2.45) is 5.10 Å². The average Bonchev–Trinajstić information content (AvgIpc) is 3.23. The predicted molar refractivity (Wildman–Crippen MR) is 114 cm³/mol. The van der Waals surface area contributed by atoms with Gasteiger partial charge < -0.3 is 0 Å². The minimum atomic E-state index is -0.168. The fourth-order valence-corrected chi connectivity index (χ4v) is 4.09. The number of fused-ring (bicyclic) bond motifs is 1. The molecule has 0 saturated carbocycles. The van der Waals surface area contributed by atoms with Crippen molar-refractivity contribution >= 4 is 39.4 Å². The molecule has 3 aromatic heterocycles. The van der Waals surface area contributed by atoms with Crippen LogP contribution in [0.4, 0.5) is 0 Å². The van der Waals surface area contributed by atoms with Crippen LogP contribution >= 0.6 is 22.9 Å². The first kappa shape index (κ1) is 18.6. The van der Waals surface area contributed by atoms with Gasteiger partial charge in [0.05, 0.1) is 23.8 Å². The van der Waals surface area contributed by atoms with E-state index in [0.29, 0.717) is 22.8 Å². The first-order valence-electron chi connectivity index (χ1n) is 8.74. The molecule has 28 heavy (non-hydrogen) atoms. The smallest absolute Gasteiger partial charge is 0.267 e. The van der Waals surface area contributed by atoms with Crippen LogP contribution < -0.4 is 5.56 Å². The maximum Gasteiger partial charge on any atom is 0.282 e. The van der Waals surface area contributed by atoms with Crippen LogP contribution in [-0.2, 0) is 6.54 Å². The van der Waals surface area contributed by atoms with Gasteiger partial charge in [0.15, 0.2) is 0 Å². The molecule has 142 valence electrons. The molecule has 8 heteroatoms. The topological polar surface area (TPSA) is 65.1 Å². The molecule has 0 bridgehead atoms. The summed E-state index contributed by atoms with van der Waals surface area (Å²) in [7, 11) is 0. The van der Waals surface area contributed by atoms with E-state index in [9.17, 15) is 4.79 Å². The van der Waals surface area contributed by atoms with E-state index in [1.165, 1.54) is 16.0 Å². The lowest BCUT2D eigenvalue weighted by molar-refractivity contribution is 0.659. The van der Waals surface area contributed by atoms with E-state index in [-0.39, 0.29) is 5.56 Å². The second-order valence-corrected chi connectivity index (χ2v) is 7.80. The van der Waals surface area contributed by atoms with Gasteiger partial charge in [-0.15, -0.1) is 11.3 Å². The molecule has 0 radical (unpaired) electrons. The predicted octanol–water partition coefficient (Wildman–Crippen LogP) is 4.16. The lowest BCUT2D eigenvalue weighted by Gasteiger charge is -2.06. The van der Waals surface area contributed by atoms with Crippen LogP contribution in [0.25, 0.3) is 10.2 Å². The zero-order chi connectivity index (χ0) is 19.8. The highest BCUT2D eigenvalue weighted by molar-refractivity contribution is 7.16. The number of aromatic nitrogens is 4. The molecule has 0 unspecified atom stereocenters. The Balaban J connectivity index is 1.70. The van der Waals surface area contributed by atoms with Crippen molar-refractivity contribution < 1.29 is 0 Å². The van der Waals surface area contributed by atoms with E-state index in [1.54, 1.807) is 19.2 Å². The number of hydrogen-bond donors (Lipinski definition) is 0. The van der Waals surface area contributed by atoms with Crippen LogP contribution in [0.2, 0.25) is 5.02 Å². The first-order chi connectivity index (χ1) is 13.5. The molecule has 0 N–H and O–H groups in total. The van der Waals surface area contributed by atoms with Crippen molar-refractivity contribution in [1.29, 1.82) is 0 Å². The van der Waals surface area contributed by atoms with Gasteiger partial charge in [-0.1, -0.05) is 29.8 Å². The molecule has 0 atom stereocenters. The summed E-state index contributed by atoms with van der Waals surface area (Å²) >= 11 is 7.72. The van der Waals surface area contributed by atoms with Gasteiger partial charge in [-0.05, 0) is 43.8 Å². The number of rotatable bonds is 4. The normalized spacial score (nSPS) is 11.7. The molecular formula is C20H18ClN5OS. The van der Waals surface area contributed by atoms with Crippen molar-refractivity contribution in [2.45, 2.75) is 27.3 Å². The Labute approximate surface area is 170 Å². The molecule has 6 nitrogen and oxygen atoms in total. The maximum absolute atomic E-state index is 12.7. The van der Waals surface area contributed by atoms with Crippen LogP contribution in [0, 0.1) is 20.8 Å². The molecule has 0 spiro atoms. The maximum atomic E-state index is 12.7.